The number of amides is 2. The third kappa shape index (κ3) is 5.02. The number of hydrogen-bond donors (Lipinski definition) is 1. The SMILES string of the molecule is COCC(=O)N1CCN([C@H](C(=O)Nc2ccc(OC)cc2)C2CCCC2)CC1. The molecule has 2 fully saturated rings. The van der Waals surface area contributed by atoms with Crippen LogP contribution in [0.15, 0.2) is 24.3 Å². The molecule has 1 aromatic rings. The molecule has 0 unspecified atom stereocenters. The number of piperazine rings is 1. The molecule has 0 spiro atoms. The molecular formula is C21H31N3O4. The second-order valence-corrected chi connectivity index (χ2v) is 7.56. The minimum absolute atomic E-state index is 0.0160. The molecule has 1 aliphatic carbocycles. The van der Waals surface area contributed by atoms with E-state index in [2.05, 4.69) is 10.2 Å². The van der Waals surface area contributed by atoms with E-state index in [1.54, 1.807) is 7.11 Å². The molecule has 3 rings (SSSR count). The summed E-state index contributed by atoms with van der Waals surface area (Å²) in [4.78, 5) is 29.3. The summed E-state index contributed by atoms with van der Waals surface area (Å²) in [6.07, 6.45) is 4.54. The van der Waals surface area contributed by atoms with Crippen molar-refractivity contribution in [2.45, 2.75) is 31.7 Å². The number of hydrogen-bond acceptors (Lipinski definition) is 5. The zero-order chi connectivity index (χ0) is 19.9. The van der Waals surface area contributed by atoms with E-state index in [1.807, 2.05) is 29.2 Å². The molecule has 0 radical (unpaired) electrons. The van der Waals surface area contributed by atoms with Crippen LogP contribution < -0.4 is 10.1 Å². The van der Waals surface area contributed by atoms with Gasteiger partial charge in [0.2, 0.25) is 11.8 Å². The largest absolute Gasteiger partial charge is 0.497 e. The zero-order valence-corrected chi connectivity index (χ0v) is 16.9. The molecular weight excluding hydrogens is 358 g/mol. The van der Waals surface area contributed by atoms with Gasteiger partial charge >= 0.3 is 0 Å². The Morgan fingerprint density at radius 1 is 1.07 bits per heavy atom. The molecule has 1 N–H and O–H groups in total. The summed E-state index contributed by atoms with van der Waals surface area (Å²) < 4.78 is 10.1. The summed E-state index contributed by atoms with van der Waals surface area (Å²) in [5, 5.41) is 3.09. The van der Waals surface area contributed by atoms with Crippen LogP contribution >= 0.6 is 0 Å². The molecule has 2 amide bonds. The molecule has 1 atom stereocenters. The van der Waals surface area contributed by atoms with Gasteiger partial charge in [-0.05, 0) is 43.0 Å². The van der Waals surface area contributed by atoms with Crippen LogP contribution in [-0.4, -0.2) is 74.7 Å². The van der Waals surface area contributed by atoms with E-state index in [-0.39, 0.29) is 24.5 Å². The number of carbonyl (C=O) groups is 2. The Hall–Kier alpha value is -2.12. The highest BCUT2D eigenvalue weighted by atomic mass is 16.5. The van der Waals surface area contributed by atoms with E-state index in [0.29, 0.717) is 32.1 Å². The van der Waals surface area contributed by atoms with Crippen molar-refractivity contribution in [1.29, 1.82) is 0 Å². The second kappa shape index (κ2) is 9.89. The van der Waals surface area contributed by atoms with E-state index >= 15 is 0 Å². The number of methoxy groups -OCH3 is 2. The highest BCUT2D eigenvalue weighted by Crippen LogP contribution is 2.31. The maximum absolute atomic E-state index is 13.2. The average molecular weight is 389 g/mol. The van der Waals surface area contributed by atoms with Gasteiger partial charge < -0.3 is 19.7 Å². The first kappa shape index (κ1) is 20.6. The maximum atomic E-state index is 13.2. The Labute approximate surface area is 167 Å². The fourth-order valence-electron chi connectivity index (χ4n) is 4.31. The Balaban J connectivity index is 1.65. The molecule has 0 bridgehead atoms. The molecule has 1 aliphatic heterocycles. The average Bonchev–Trinajstić information content (AvgIpc) is 3.23. The lowest BCUT2D eigenvalue weighted by Gasteiger charge is -2.40. The molecule has 1 saturated heterocycles. The lowest BCUT2D eigenvalue weighted by Crippen LogP contribution is -2.57. The van der Waals surface area contributed by atoms with Crippen LogP contribution in [0.2, 0.25) is 0 Å². The molecule has 154 valence electrons. The standard InChI is InChI=1S/C21H31N3O4/c1-27-15-19(25)23-11-13-24(14-12-23)20(16-5-3-4-6-16)21(26)22-17-7-9-18(28-2)10-8-17/h7-10,16,20H,3-6,11-15H2,1-2H3,(H,22,26)/t20-/m0/s1. The van der Waals surface area contributed by atoms with Crippen molar-refractivity contribution in [3.63, 3.8) is 0 Å². The van der Waals surface area contributed by atoms with Crippen LogP contribution in [0.5, 0.6) is 5.75 Å². The van der Waals surface area contributed by atoms with Gasteiger partial charge in [-0.2, -0.15) is 0 Å². The third-order valence-corrected chi connectivity index (χ3v) is 5.80. The number of anilines is 1. The van der Waals surface area contributed by atoms with E-state index in [4.69, 9.17) is 9.47 Å². The lowest BCUT2D eigenvalue weighted by molar-refractivity contribution is -0.138. The summed E-state index contributed by atoms with van der Waals surface area (Å²) in [6.45, 7) is 2.83. The van der Waals surface area contributed by atoms with Gasteiger partial charge in [0.25, 0.3) is 0 Å². The molecule has 1 aromatic carbocycles. The number of rotatable bonds is 7. The smallest absolute Gasteiger partial charge is 0.248 e. The number of benzene rings is 1. The van der Waals surface area contributed by atoms with Crippen LogP contribution in [0, 0.1) is 5.92 Å². The molecule has 1 saturated carbocycles. The predicted octanol–water partition coefficient (Wildman–Crippen LogP) is 1.98. The minimum Gasteiger partial charge on any atom is -0.497 e. The van der Waals surface area contributed by atoms with Crippen LogP contribution in [0.1, 0.15) is 25.7 Å². The zero-order valence-electron chi connectivity index (χ0n) is 16.9. The van der Waals surface area contributed by atoms with Gasteiger partial charge in [-0.25, -0.2) is 0 Å². The van der Waals surface area contributed by atoms with Crippen molar-refractivity contribution in [2.24, 2.45) is 5.92 Å². The van der Waals surface area contributed by atoms with Crippen molar-refractivity contribution in [3.8, 4) is 5.75 Å². The number of nitrogens with one attached hydrogen (secondary N) is 1. The van der Waals surface area contributed by atoms with Gasteiger partial charge in [0.15, 0.2) is 0 Å². The van der Waals surface area contributed by atoms with Gasteiger partial charge in [0.05, 0.1) is 13.2 Å². The first-order chi connectivity index (χ1) is 13.6. The topological polar surface area (TPSA) is 71.1 Å². The van der Waals surface area contributed by atoms with Crippen molar-refractivity contribution in [3.05, 3.63) is 24.3 Å². The van der Waals surface area contributed by atoms with Crippen LogP contribution in [0.3, 0.4) is 0 Å². The Morgan fingerprint density at radius 3 is 2.29 bits per heavy atom. The van der Waals surface area contributed by atoms with Crippen LogP contribution in [0.4, 0.5) is 5.69 Å². The minimum atomic E-state index is -0.149. The van der Waals surface area contributed by atoms with E-state index in [1.165, 1.54) is 20.0 Å². The summed E-state index contributed by atoms with van der Waals surface area (Å²) in [5.74, 6) is 1.21. The van der Waals surface area contributed by atoms with E-state index < -0.39 is 0 Å². The molecule has 0 aromatic heterocycles. The molecule has 7 nitrogen and oxygen atoms in total. The summed E-state index contributed by atoms with van der Waals surface area (Å²) in [6, 6.07) is 7.28. The monoisotopic (exact) mass is 389 g/mol. The lowest BCUT2D eigenvalue weighted by atomic mass is 9.95. The molecule has 7 heteroatoms. The van der Waals surface area contributed by atoms with Gasteiger partial charge in [-0.15, -0.1) is 0 Å². The van der Waals surface area contributed by atoms with Gasteiger partial charge in [0.1, 0.15) is 12.4 Å². The van der Waals surface area contributed by atoms with Crippen molar-refractivity contribution >= 4 is 17.5 Å². The first-order valence-electron chi connectivity index (χ1n) is 10.1. The normalized spacial score (nSPS) is 19.4. The van der Waals surface area contributed by atoms with Crippen LogP contribution in [-0.2, 0) is 14.3 Å². The van der Waals surface area contributed by atoms with Crippen molar-refractivity contribution in [2.75, 3.05) is 52.3 Å². The Kier molecular flexibility index (Phi) is 7.28. The third-order valence-electron chi connectivity index (χ3n) is 5.80. The fourth-order valence-corrected chi connectivity index (χ4v) is 4.31. The van der Waals surface area contributed by atoms with Gasteiger partial charge in [-0.1, -0.05) is 12.8 Å². The summed E-state index contributed by atoms with van der Waals surface area (Å²) in [5.41, 5.74) is 0.780. The Morgan fingerprint density at radius 2 is 1.71 bits per heavy atom. The van der Waals surface area contributed by atoms with E-state index in [9.17, 15) is 9.59 Å². The van der Waals surface area contributed by atoms with E-state index in [0.717, 1.165) is 24.3 Å². The van der Waals surface area contributed by atoms with Crippen LogP contribution in [0.25, 0.3) is 0 Å². The maximum Gasteiger partial charge on any atom is 0.248 e. The Bertz CT molecular complexity index is 650. The quantitative estimate of drug-likeness (QED) is 0.772. The summed E-state index contributed by atoms with van der Waals surface area (Å²) >= 11 is 0. The molecule has 1 heterocycles. The summed E-state index contributed by atoms with van der Waals surface area (Å²) in [7, 11) is 3.16. The second-order valence-electron chi connectivity index (χ2n) is 7.56. The van der Waals surface area contributed by atoms with Crippen molar-refractivity contribution in [1.82, 2.24) is 9.80 Å². The van der Waals surface area contributed by atoms with Crippen molar-refractivity contribution < 1.29 is 19.1 Å². The number of ether oxygens (including phenoxy) is 2. The fraction of sp³-hybridized carbons (Fsp3) is 0.619. The first-order valence-corrected chi connectivity index (χ1v) is 10.1. The molecule has 2 aliphatic rings. The highest BCUT2D eigenvalue weighted by Gasteiger charge is 2.37. The number of nitrogens with zero attached hydrogens (tertiary/aromatic N) is 2. The molecule has 28 heavy (non-hydrogen) atoms. The number of carbonyl (C=O) groups excluding carboxylic acids is 2. The van der Waals surface area contributed by atoms with Gasteiger partial charge in [0, 0.05) is 39.0 Å². The highest BCUT2D eigenvalue weighted by molar-refractivity contribution is 5.95. The van der Waals surface area contributed by atoms with Gasteiger partial charge in [-0.3, -0.25) is 14.5 Å². The predicted molar refractivity (Wildman–Crippen MR) is 107 cm³/mol.